The molecule has 1 aromatic rings. The van der Waals surface area contributed by atoms with E-state index in [0.29, 0.717) is 5.92 Å². The molecular weight excluding hydrogens is 201 g/mol. The van der Waals surface area contributed by atoms with Crippen LogP contribution in [-0.2, 0) is 5.41 Å². The highest BCUT2D eigenvalue weighted by Gasteiger charge is 2.40. The smallest absolute Gasteiger partial charge is 0.127 e. The van der Waals surface area contributed by atoms with E-state index in [-0.39, 0.29) is 11.2 Å². The Morgan fingerprint density at radius 2 is 2.19 bits per heavy atom. The summed E-state index contributed by atoms with van der Waals surface area (Å²) in [5.41, 5.74) is 8.64. The van der Waals surface area contributed by atoms with Crippen molar-refractivity contribution in [2.24, 2.45) is 0 Å². The van der Waals surface area contributed by atoms with Gasteiger partial charge in [-0.25, -0.2) is 4.39 Å². The van der Waals surface area contributed by atoms with Crippen LogP contribution in [0.4, 0.5) is 10.1 Å². The molecule has 1 aliphatic carbocycles. The van der Waals surface area contributed by atoms with E-state index in [9.17, 15) is 4.39 Å². The molecule has 88 valence electrons. The van der Waals surface area contributed by atoms with Gasteiger partial charge >= 0.3 is 0 Å². The van der Waals surface area contributed by atoms with Gasteiger partial charge in [-0.3, -0.25) is 0 Å². The highest BCUT2D eigenvalue weighted by Crippen LogP contribution is 2.51. The number of benzene rings is 1. The highest BCUT2D eigenvalue weighted by atomic mass is 19.1. The zero-order valence-electron chi connectivity index (χ0n) is 10.3. The number of hydrogen-bond donors (Lipinski definition) is 1. The minimum atomic E-state index is -0.0792. The summed E-state index contributed by atoms with van der Waals surface area (Å²) < 4.78 is 14.0. The van der Waals surface area contributed by atoms with Gasteiger partial charge in [0.15, 0.2) is 0 Å². The molecule has 1 aliphatic rings. The first-order valence-electron chi connectivity index (χ1n) is 6.08. The first-order chi connectivity index (χ1) is 7.49. The third kappa shape index (κ3) is 1.51. The van der Waals surface area contributed by atoms with Crippen molar-refractivity contribution in [2.45, 2.75) is 51.4 Å². The van der Waals surface area contributed by atoms with E-state index in [0.717, 1.165) is 36.1 Å². The Morgan fingerprint density at radius 3 is 2.81 bits per heavy atom. The van der Waals surface area contributed by atoms with Crippen molar-refractivity contribution in [2.75, 3.05) is 5.73 Å². The lowest BCUT2D eigenvalue weighted by Crippen LogP contribution is -2.19. The van der Waals surface area contributed by atoms with Crippen LogP contribution >= 0.6 is 0 Å². The SMILES string of the molecule is CCC[C@@]1(C)C[C@@H](C)c2c(N)ccc(F)c21. The molecule has 1 nitrogen and oxygen atoms in total. The number of halogens is 1. The molecule has 0 heterocycles. The van der Waals surface area contributed by atoms with Crippen LogP contribution in [0.25, 0.3) is 0 Å². The second kappa shape index (κ2) is 3.76. The molecule has 16 heavy (non-hydrogen) atoms. The number of fused-ring (bicyclic) bond motifs is 1. The van der Waals surface area contributed by atoms with Crippen molar-refractivity contribution in [1.82, 2.24) is 0 Å². The predicted molar refractivity (Wildman–Crippen MR) is 66.1 cm³/mol. The highest BCUT2D eigenvalue weighted by molar-refractivity contribution is 5.58. The van der Waals surface area contributed by atoms with Gasteiger partial charge in [-0.15, -0.1) is 0 Å². The van der Waals surface area contributed by atoms with Crippen LogP contribution in [0.1, 0.15) is 57.1 Å². The van der Waals surface area contributed by atoms with Gasteiger partial charge in [0.1, 0.15) is 5.82 Å². The largest absolute Gasteiger partial charge is 0.398 e. The van der Waals surface area contributed by atoms with Gasteiger partial charge in [-0.05, 0) is 47.4 Å². The zero-order chi connectivity index (χ0) is 11.9. The molecule has 2 atom stereocenters. The molecule has 0 spiro atoms. The molecule has 0 fully saturated rings. The molecule has 0 bridgehead atoms. The molecule has 0 aromatic heterocycles. The van der Waals surface area contributed by atoms with Crippen LogP contribution < -0.4 is 5.73 Å². The summed E-state index contributed by atoms with van der Waals surface area (Å²) in [6, 6.07) is 3.21. The van der Waals surface area contributed by atoms with Gasteiger partial charge in [0.05, 0.1) is 0 Å². The molecule has 1 aromatic carbocycles. The monoisotopic (exact) mass is 221 g/mol. The summed E-state index contributed by atoms with van der Waals surface area (Å²) in [6.07, 6.45) is 3.13. The second-order valence-corrected chi connectivity index (χ2v) is 5.34. The maximum Gasteiger partial charge on any atom is 0.127 e. The Labute approximate surface area is 96.9 Å². The summed E-state index contributed by atoms with van der Waals surface area (Å²) in [5, 5.41) is 0. The van der Waals surface area contributed by atoms with Crippen molar-refractivity contribution in [1.29, 1.82) is 0 Å². The fourth-order valence-corrected chi connectivity index (χ4v) is 3.41. The van der Waals surface area contributed by atoms with Gasteiger partial charge in [0.2, 0.25) is 0 Å². The van der Waals surface area contributed by atoms with Gasteiger partial charge < -0.3 is 5.73 Å². The predicted octanol–water partition coefficient (Wildman–Crippen LogP) is 3.97. The van der Waals surface area contributed by atoms with Crippen molar-refractivity contribution in [3.63, 3.8) is 0 Å². The fourth-order valence-electron chi connectivity index (χ4n) is 3.41. The Bertz CT molecular complexity index is 413. The number of anilines is 1. The topological polar surface area (TPSA) is 26.0 Å². The van der Waals surface area contributed by atoms with E-state index in [1.807, 2.05) is 0 Å². The standard InChI is InChI=1S/C14H20FN/c1-4-7-14(3)8-9(2)12-11(16)6-5-10(15)13(12)14/h5-6,9H,4,7-8,16H2,1-3H3/t9-,14+/m1/s1. The lowest BCUT2D eigenvalue weighted by atomic mass is 9.79. The van der Waals surface area contributed by atoms with Gasteiger partial charge in [-0.1, -0.05) is 27.2 Å². The summed E-state index contributed by atoms with van der Waals surface area (Å²) in [6.45, 7) is 6.47. The number of rotatable bonds is 2. The molecule has 2 N–H and O–H groups in total. The summed E-state index contributed by atoms with van der Waals surface area (Å²) in [4.78, 5) is 0. The minimum Gasteiger partial charge on any atom is -0.398 e. The quantitative estimate of drug-likeness (QED) is 0.751. The van der Waals surface area contributed by atoms with Crippen molar-refractivity contribution in [3.05, 3.63) is 29.1 Å². The number of nitrogens with two attached hydrogens (primary N) is 1. The van der Waals surface area contributed by atoms with Crippen LogP contribution in [0, 0.1) is 5.82 Å². The normalized spacial score (nSPS) is 28.1. The molecule has 0 saturated heterocycles. The van der Waals surface area contributed by atoms with E-state index < -0.39 is 0 Å². The van der Waals surface area contributed by atoms with E-state index in [1.54, 1.807) is 6.07 Å². The number of nitrogen functional groups attached to an aromatic ring is 1. The molecule has 0 radical (unpaired) electrons. The van der Waals surface area contributed by atoms with Crippen LogP contribution in [0.15, 0.2) is 12.1 Å². The Morgan fingerprint density at radius 1 is 1.50 bits per heavy atom. The lowest BCUT2D eigenvalue weighted by molar-refractivity contribution is 0.393. The molecular formula is C14H20FN. The Hall–Kier alpha value is -1.05. The zero-order valence-corrected chi connectivity index (χ0v) is 10.3. The first-order valence-corrected chi connectivity index (χ1v) is 6.08. The van der Waals surface area contributed by atoms with E-state index in [1.165, 1.54) is 6.07 Å². The Balaban J connectivity index is 2.60. The van der Waals surface area contributed by atoms with Crippen molar-refractivity contribution < 1.29 is 4.39 Å². The van der Waals surface area contributed by atoms with Crippen LogP contribution in [-0.4, -0.2) is 0 Å². The maximum absolute atomic E-state index is 14.0. The van der Waals surface area contributed by atoms with Crippen LogP contribution in [0.2, 0.25) is 0 Å². The van der Waals surface area contributed by atoms with E-state index >= 15 is 0 Å². The molecule has 0 saturated carbocycles. The van der Waals surface area contributed by atoms with Crippen LogP contribution in [0.5, 0.6) is 0 Å². The molecule has 2 rings (SSSR count). The minimum absolute atomic E-state index is 0.0248. The van der Waals surface area contributed by atoms with E-state index in [2.05, 4.69) is 20.8 Å². The van der Waals surface area contributed by atoms with Crippen molar-refractivity contribution >= 4 is 5.69 Å². The van der Waals surface area contributed by atoms with Gasteiger partial charge in [0.25, 0.3) is 0 Å². The Kier molecular flexibility index (Phi) is 2.69. The second-order valence-electron chi connectivity index (χ2n) is 5.34. The van der Waals surface area contributed by atoms with Crippen LogP contribution in [0.3, 0.4) is 0 Å². The fraction of sp³-hybridized carbons (Fsp3) is 0.571. The first kappa shape index (κ1) is 11.4. The van der Waals surface area contributed by atoms with Gasteiger partial charge in [0, 0.05) is 5.69 Å². The molecule has 0 aliphatic heterocycles. The summed E-state index contributed by atoms with van der Waals surface area (Å²) in [5.74, 6) is 0.298. The number of hydrogen-bond acceptors (Lipinski definition) is 1. The average molecular weight is 221 g/mol. The lowest BCUT2D eigenvalue weighted by Gasteiger charge is -2.25. The maximum atomic E-state index is 14.0. The van der Waals surface area contributed by atoms with E-state index in [4.69, 9.17) is 5.73 Å². The molecule has 0 unspecified atom stereocenters. The third-order valence-corrected chi connectivity index (χ3v) is 3.88. The van der Waals surface area contributed by atoms with Gasteiger partial charge in [-0.2, -0.15) is 0 Å². The average Bonchev–Trinajstić information content (AvgIpc) is 2.46. The summed E-state index contributed by atoms with van der Waals surface area (Å²) in [7, 11) is 0. The summed E-state index contributed by atoms with van der Waals surface area (Å²) >= 11 is 0. The molecule has 0 amide bonds. The molecule has 2 heteroatoms. The van der Waals surface area contributed by atoms with Crippen molar-refractivity contribution in [3.8, 4) is 0 Å². The third-order valence-electron chi connectivity index (χ3n) is 3.88.